The molecule has 1 aliphatic heterocycles. The molecule has 0 saturated carbocycles. The molecule has 0 aliphatic carbocycles. The molecule has 1 aromatic carbocycles. The second-order valence-electron chi connectivity index (χ2n) is 7.02. The summed E-state index contributed by atoms with van der Waals surface area (Å²) in [5, 5.41) is 6.81. The van der Waals surface area contributed by atoms with Gasteiger partial charge in [-0.25, -0.2) is 0 Å². The highest BCUT2D eigenvalue weighted by atomic mass is 127. The van der Waals surface area contributed by atoms with E-state index in [2.05, 4.69) is 34.6 Å². The van der Waals surface area contributed by atoms with E-state index < -0.39 is 0 Å². The van der Waals surface area contributed by atoms with Crippen LogP contribution in [0.1, 0.15) is 25.3 Å². The molecule has 0 bridgehead atoms. The monoisotopic (exact) mass is 504 g/mol. The molecule has 1 saturated heterocycles. The molecule has 1 fully saturated rings. The van der Waals surface area contributed by atoms with Crippen molar-refractivity contribution in [3.63, 3.8) is 0 Å². The number of piperidine rings is 1. The van der Waals surface area contributed by atoms with E-state index in [0.717, 1.165) is 64.0 Å². The summed E-state index contributed by atoms with van der Waals surface area (Å²) in [4.78, 5) is 7.30. The molecular formula is C21H37IN4O2. The van der Waals surface area contributed by atoms with E-state index >= 15 is 0 Å². The van der Waals surface area contributed by atoms with Gasteiger partial charge in [0.2, 0.25) is 0 Å². The third kappa shape index (κ3) is 9.43. The van der Waals surface area contributed by atoms with E-state index in [1.807, 2.05) is 12.1 Å². The van der Waals surface area contributed by atoms with Crippen molar-refractivity contribution in [1.82, 2.24) is 15.5 Å². The highest BCUT2D eigenvalue weighted by molar-refractivity contribution is 14.0. The zero-order valence-electron chi connectivity index (χ0n) is 17.6. The summed E-state index contributed by atoms with van der Waals surface area (Å²) in [5.74, 6) is 2.50. The molecular weight excluding hydrogens is 467 g/mol. The molecule has 0 aromatic heterocycles. The van der Waals surface area contributed by atoms with Gasteiger partial charge in [-0.2, -0.15) is 0 Å². The Morgan fingerprint density at radius 1 is 1.14 bits per heavy atom. The maximum atomic E-state index is 5.21. The summed E-state index contributed by atoms with van der Waals surface area (Å²) in [5.41, 5.74) is 1.29. The third-order valence-electron chi connectivity index (χ3n) is 5.04. The summed E-state index contributed by atoms with van der Waals surface area (Å²) in [6.07, 6.45) is 3.41. The average Bonchev–Trinajstić information content (AvgIpc) is 2.71. The van der Waals surface area contributed by atoms with Crippen molar-refractivity contribution in [3.8, 4) is 5.75 Å². The van der Waals surface area contributed by atoms with Crippen molar-refractivity contribution < 1.29 is 9.47 Å². The molecule has 0 spiro atoms. The number of nitrogens with one attached hydrogen (secondary N) is 2. The molecule has 2 N–H and O–H groups in total. The molecule has 0 amide bonds. The molecule has 0 atom stereocenters. The van der Waals surface area contributed by atoms with Crippen molar-refractivity contribution in [2.24, 2.45) is 10.9 Å². The van der Waals surface area contributed by atoms with Crippen molar-refractivity contribution in [2.75, 3.05) is 60.1 Å². The Balaban J connectivity index is 0.00000392. The lowest BCUT2D eigenvalue weighted by Gasteiger charge is -2.31. The summed E-state index contributed by atoms with van der Waals surface area (Å²) >= 11 is 0. The van der Waals surface area contributed by atoms with Gasteiger partial charge >= 0.3 is 0 Å². The number of guanidine groups is 1. The van der Waals surface area contributed by atoms with E-state index in [9.17, 15) is 0 Å². The molecule has 1 heterocycles. The lowest BCUT2D eigenvalue weighted by Crippen LogP contribution is -2.40. The lowest BCUT2D eigenvalue weighted by atomic mass is 9.97. The minimum atomic E-state index is 0. The Labute approximate surface area is 187 Å². The zero-order chi connectivity index (χ0) is 19.3. The van der Waals surface area contributed by atoms with E-state index in [0.29, 0.717) is 5.92 Å². The predicted molar refractivity (Wildman–Crippen MR) is 127 cm³/mol. The minimum absolute atomic E-state index is 0. The van der Waals surface area contributed by atoms with Gasteiger partial charge in [0.1, 0.15) is 5.75 Å². The van der Waals surface area contributed by atoms with E-state index in [-0.39, 0.29) is 24.0 Å². The molecule has 6 nitrogen and oxygen atoms in total. The number of halogens is 1. The lowest BCUT2D eigenvalue weighted by molar-refractivity contribution is 0.121. The molecule has 0 radical (unpaired) electrons. The number of hydrogen-bond donors (Lipinski definition) is 2. The summed E-state index contributed by atoms with van der Waals surface area (Å²) < 4.78 is 10.4. The molecule has 2 rings (SSSR count). The van der Waals surface area contributed by atoms with Crippen LogP contribution in [0.2, 0.25) is 0 Å². The maximum absolute atomic E-state index is 5.21. The van der Waals surface area contributed by atoms with Gasteiger partial charge in [0.25, 0.3) is 0 Å². The van der Waals surface area contributed by atoms with Crippen LogP contribution in [0.25, 0.3) is 0 Å². The van der Waals surface area contributed by atoms with Crippen LogP contribution in [0, 0.1) is 5.92 Å². The summed E-state index contributed by atoms with van der Waals surface area (Å²) in [6.45, 7) is 8.94. The zero-order valence-corrected chi connectivity index (χ0v) is 19.9. The van der Waals surface area contributed by atoms with Crippen LogP contribution in [-0.4, -0.2) is 71.0 Å². The normalized spacial score (nSPS) is 15.8. The van der Waals surface area contributed by atoms with Crippen molar-refractivity contribution >= 4 is 29.9 Å². The summed E-state index contributed by atoms with van der Waals surface area (Å²) in [7, 11) is 3.46. The largest absolute Gasteiger partial charge is 0.497 e. The Hall–Kier alpha value is -1.06. The van der Waals surface area contributed by atoms with Crippen LogP contribution in [0.5, 0.6) is 5.75 Å². The van der Waals surface area contributed by atoms with Crippen LogP contribution in [0.15, 0.2) is 29.3 Å². The Kier molecular flexibility index (Phi) is 13.3. The highest BCUT2D eigenvalue weighted by Gasteiger charge is 2.18. The topological polar surface area (TPSA) is 58.1 Å². The van der Waals surface area contributed by atoms with Crippen LogP contribution < -0.4 is 15.4 Å². The van der Waals surface area contributed by atoms with Crippen LogP contribution in [0.4, 0.5) is 0 Å². The highest BCUT2D eigenvalue weighted by Crippen LogP contribution is 2.17. The molecule has 160 valence electrons. The number of ether oxygens (including phenoxy) is 2. The van der Waals surface area contributed by atoms with Gasteiger partial charge in [0.15, 0.2) is 5.96 Å². The van der Waals surface area contributed by atoms with Gasteiger partial charge in [-0.05, 0) is 62.9 Å². The first-order valence-electron chi connectivity index (χ1n) is 10.1. The number of likely N-dealkylation sites (tertiary alicyclic amines) is 1. The third-order valence-corrected chi connectivity index (χ3v) is 5.04. The van der Waals surface area contributed by atoms with Gasteiger partial charge in [0, 0.05) is 33.3 Å². The number of benzene rings is 1. The first-order valence-corrected chi connectivity index (χ1v) is 10.1. The van der Waals surface area contributed by atoms with Gasteiger partial charge in [0.05, 0.1) is 13.7 Å². The first-order chi connectivity index (χ1) is 13.2. The first kappa shape index (κ1) is 25.0. The standard InChI is InChI=1S/C21H36N4O2.HI/c1-4-22-21(23-12-9-18-5-7-20(27-3)8-6-18)24-17-19-10-13-25(14-11-19)15-16-26-2;/h5-8,19H,4,9-17H2,1-3H3,(H2,22,23,24);1H. The van der Waals surface area contributed by atoms with E-state index in [1.165, 1.54) is 18.4 Å². The summed E-state index contributed by atoms with van der Waals surface area (Å²) in [6, 6.07) is 8.24. The van der Waals surface area contributed by atoms with Crippen LogP contribution in [-0.2, 0) is 11.2 Å². The predicted octanol–water partition coefficient (Wildman–Crippen LogP) is 2.77. The molecule has 7 heteroatoms. The average molecular weight is 504 g/mol. The number of methoxy groups -OCH3 is 2. The van der Waals surface area contributed by atoms with E-state index in [4.69, 9.17) is 14.5 Å². The quantitative estimate of drug-likeness (QED) is 0.292. The number of aliphatic imine (C=N–C) groups is 1. The number of nitrogens with zero attached hydrogens (tertiary/aromatic N) is 2. The SMILES string of the molecule is CCNC(=NCC1CCN(CCOC)CC1)NCCc1ccc(OC)cc1.I. The number of hydrogen-bond acceptors (Lipinski definition) is 4. The van der Waals surface area contributed by atoms with Gasteiger partial charge in [-0.1, -0.05) is 12.1 Å². The fourth-order valence-corrected chi connectivity index (χ4v) is 3.29. The van der Waals surface area contributed by atoms with E-state index in [1.54, 1.807) is 14.2 Å². The van der Waals surface area contributed by atoms with Crippen molar-refractivity contribution in [1.29, 1.82) is 0 Å². The maximum Gasteiger partial charge on any atom is 0.191 e. The van der Waals surface area contributed by atoms with Gasteiger partial charge in [-0.15, -0.1) is 24.0 Å². The van der Waals surface area contributed by atoms with Crippen molar-refractivity contribution in [3.05, 3.63) is 29.8 Å². The Morgan fingerprint density at radius 2 is 1.86 bits per heavy atom. The molecule has 1 aromatic rings. The fraction of sp³-hybridized carbons (Fsp3) is 0.667. The molecule has 0 unspecified atom stereocenters. The second-order valence-corrected chi connectivity index (χ2v) is 7.02. The number of rotatable bonds is 10. The van der Waals surface area contributed by atoms with Crippen molar-refractivity contribution in [2.45, 2.75) is 26.2 Å². The minimum Gasteiger partial charge on any atom is -0.497 e. The van der Waals surface area contributed by atoms with Gasteiger partial charge in [-0.3, -0.25) is 4.99 Å². The second kappa shape index (κ2) is 14.9. The fourth-order valence-electron chi connectivity index (χ4n) is 3.29. The smallest absolute Gasteiger partial charge is 0.191 e. The Bertz CT molecular complexity index is 546. The van der Waals surface area contributed by atoms with Gasteiger partial charge < -0.3 is 25.0 Å². The van der Waals surface area contributed by atoms with Crippen LogP contribution >= 0.6 is 24.0 Å². The molecule has 1 aliphatic rings. The van der Waals surface area contributed by atoms with Crippen LogP contribution in [0.3, 0.4) is 0 Å². The Morgan fingerprint density at radius 3 is 2.46 bits per heavy atom. The molecule has 28 heavy (non-hydrogen) atoms.